The lowest BCUT2D eigenvalue weighted by Crippen LogP contribution is -2.61. The molecule has 4 N–H and O–H groups in total. The predicted octanol–water partition coefficient (Wildman–Crippen LogP) is -0.703. The quantitative estimate of drug-likeness (QED) is 0.500. The largest absolute Gasteiger partial charge is 0.477 e. The van der Waals surface area contributed by atoms with Crippen LogP contribution in [-0.2, 0) is 9.59 Å². The molecule has 3 heterocycles. The first kappa shape index (κ1) is 15.5. The maximum Gasteiger partial charge on any atom is 0.352 e. The number of fused-ring (bicyclic) bond motifs is 1. The number of aliphatic hydroxyl groups is 2. The highest BCUT2D eigenvalue weighted by Gasteiger charge is 2.56. The van der Waals surface area contributed by atoms with Gasteiger partial charge in [0.15, 0.2) is 0 Å². The molecule has 0 aromatic carbocycles. The number of nitrogens with one attached hydrogen (secondary N) is 1. The van der Waals surface area contributed by atoms with Crippen molar-refractivity contribution in [3.63, 3.8) is 0 Å². The van der Waals surface area contributed by atoms with Crippen molar-refractivity contribution in [2.75, 3.05) is 13.2 Å². The molecule has 0 saturated carbocycles. The lowest BCUT2D eigenvalue weighted by atomic mass is 9.82. The van der Waals surface area contributed by atoms with Gasteiger partial charge in [-0.3, -0.25) is 4.79 Å². The van der Waals surface area contributed by atoms with Crippen LogP contribution in [-0.4, -0.2) is 63.4 Å². The van der Waals surface area contributed by atoms with Crippen molar-refractivity contribution in [2.24, 2.45) is 11.8 Å². The molecule has 3 rings (SSSR count). The minimum absolute atomic E-state index is 0.0733. The zero-order chi connectivity index (χ0) is 16.0. The molecule has 5 atom stereocenters. The molecule has 3 aliphatic heterocycles. The van der Waals surface area contributed by atoms with E-state index < -0.39 is 18.0 Å². The van der Waals surface area contributed by atoms with Crippen LogP contribution in [0.15, 0.2) is 11.3 Å². The molecule has 0 bridgehead atoms. The maximum atomic E-state index is 12.1. The molecule has 22 heavy (non-hydrogen) atoms. The molecule has 2 saturated heterocycles. The summed E-state index contributed by atoms with van der Waals surface area (Å²) in [7, 11) is 0. The number of nitrogens with zero attached hydrogens (tertiary/aromatic N) is 1. The molecule has 0 radical (unpaired) electrons. The van der Waals surface area contributed by atoms with Gasteiger partial charge in [-0.15, -0.1) is 0 Å². The molecule has 0 aromatic heterocycles. The lowest BCUT2D eigenvalue weighted by Gasteiger charge is -2.44. The van der Waals surface area contributed by atoms with E-state index in [1.54, 1.807) is 6.92 Å². The zero-order valence-corrected chi connectivity index (χ0v) is 12.5. The molecule has 0 spiro atoms. The van der Waals surface area contributed by atoms with Gasteiger partial charge in [-0.05, 0) is 44.2 Å². The normalized spacial score (nSPS) is 35.6. The Hall–Kier alpha value is -1.44. The van der Waals surface area contributed by atoms with Gasteiger partial charge in [0.05, 0.1) is 24.7 Å². The number of β-lactam (4-membered cyclic amide) rings is 1. The van der Waals surface area contributed by atoms with Crippen molar-refractivity contribution in [3.05, 3.63) is 11.3 Å². The number of aliphatic hydroxyl groups excluding tert-OH is 2. The van der Waals surface area contributed by atoms with Crippen molar-refractivity contribution in [2.45, 2.75) is 44.4 Å². The molecular weight excluding hydrogens is 288 g/mol. The molecule has 2 fully saturated rings. The van der Waals surface area contributed by atoms with E-state index in [4.69, 9.17) is 5.11 Å². The first-order valence-corrected chi connectivity index (χ1v) is 7.74. The Labute approximate surface area is 128 Å². The summed E-state index contributed by atoms with van der Waals surface area (Å²) in [6.45, 7) is 2.41. The van der Waals surface area contributed by atoms with Crippen LogP contribution in [0, 0.1) is 11.8 Å². The van der Waals surface area contributed by atoms with Crippen molar-refractivity contribution in [1.29, 1.82) is 0 Å². The fourth-order valence-electron chi connectivity index (χ4n) is 4.09. The standard InChI is InChI=1S/C15H22N2O5/c1-7(19)12-11-4-9(2-8-3-10(6-18)16-5-8)13(15(21)22)17(11)14(12)20/h7-8,10-12,16,18-19H,2-6H2,1H3,(H,21,22)/t7-,8+,10+,11-,12-/m1/s1. The molecule has 7 nitrogen and oxygen atoms in total. The second-order valence-corrected chi connectivity index (χ2v) is 6.60. The first-order valence-electron chi connectivity index (χ1n) is 7.74. The molecule has 0 aliphatic carbocycles. The minimum Gasteiger partial charge on any atom is -0.477 e. The molecule has 7 heteroatoms. The summed E-state index contributed by atoms with van der Waals surface area (Å²) in [5.74, 6) is -1.57. The Kier molecular flexibility index (Phi) is 3.96. The number of carboxylic acids is 1. The average Bonchev–Trinajstić information content (AvgIpc) is 3.01. The third kappa shape index (κ3) is 2.33. The number of carbonyl (C=O) groups is 2. The Morgan fingerprint density at radius 3 is 2.77 bits per heavy atom. The zero-order valence-electron chi connectivity index (χ0n) is 12.5. The van der Waals surface area contributed by atoms with Gasteiger partial charge in [0.2, 0.25) is 5.91 Å². The summed E-state index contributed by atoms with van der Waals surface area (Å²) in [5, 5.41) is 31.5. The second-order valence-electron chi connectivity index (χ2n) is 6.60. The summed E-state index contributed by atoms with van der Waals surface area (Å²) in [6.07, 6.45) is 1.21. The Bertz CT molecular complexity index is 530. The van der Waals surface area contributed by atoms with Crippen LogP contribution in [0.2, 0.25) is 0 Å². The summed E-state index contributed by atoms with van der Waals surface area (Å²) < 4.78 is 0. The van der Waals surface area contributed by atoms with Crippen LogP contribution < -0.4 is 5.32 Å². The topological polar surface area (TPSA) is 110 Å². The van der Waals surface area contributed by atoms with E-state index in [0.29, 0.717) is 12.8 Å². The highest BCUT2D eigenvalue weighted by atomic mass is 16.4. The van der Waals surface area contributed by atoms with E-state index in [9.17, 15) is 19.8 Å². The van der Waals surface area contributed by atoms with Crippen LogP contribution >= 0.6 is 0 Å². The van der Waals surface area contributed by atoms with Gasteiger partial charge < -0.3 is 25.5 Å². The highest BCUT2D eigenvalue weighted by molar-refractivity contribution is 5.99. The fourth-order valence-corrected chi connectivity index (χ4v) is 4.09. The van der Waals surface area contributed by atoms with Crippen molar-refractivity contribution < 1.29 is 24.9 Å². The van der Waals surface area contributed by atoms with Gasteiger partial charge in [0.1, 0.15) is 5.70 Å². The Balaban J connectivity index is 1.76. The number of rotatable bonds is 5. The third-order valence-corrected chi connectivity index (χ3v) is 5.09. The van der Waals surface area contributed by atoms with Gasteiger partial charge in [-0.1, -0.05) is 0 Å². The van der Waals surface area contributed by atoms with Crippen LogP contribution in [0.5, 0.6) is 0 Å². The Morgan fingerprint density at radius 1 is 1.50 bits per heavy atom. The number of hydrogen-bond donors (Lipinski definition) is 4. The number of carboxylic acid groups (broad SMARTS) is 1. The number of amides is 1. The Morgan fingerprint density at radius 2 is 2.23 bits per heavy atom. The van der Waals surface area contributed by atoms with E-state index in [2.05, 4.69) is 5.32 Å². The lowest BCUT2D eigenvalue weighted by molar-refractivity contribution is -0.161. The number of hydrogen-bond acceptors (Lipinski definition) is 5. The maximum absolute atomic E-state index is 12.1. The first-order chi connectivity index (χ1) is 10.4. The van der Waals surface area contributed by atoms with E-state index >= 15 is 0 Å². The van der Waals surface area contributed by atoms with E-state index in [0.717, 1.165) is 18.5 Å². The SMILES string of the molecule is C[C@@H](O)[C@H]1C(=O)N2C(C(=O)O)=C(C[C@@H]3CN[C@H](CO)C3)C[C@H]12. The predicted molar refractivity (Wildman–Crippen MR) is 76.7 cm³/mol. The van der Waals surface area contributed by atoms with E-state index in [1.165, 1.54) is 4.90 Å². The van der Waals surface area contributed by atoms with Crippen molar-refractivity contribution in [1.82, 2.24) is 10.2 Å². The van der Waals surface area contributed by atoms with Crippen LogP contribution in [0.3, 0.4) is 0 Å². The van der Waals surface area contributed by atoms with Gasteiger partial charge in [-0.2, -0.15) is 0 Å². The second kappa shape index (κ2) is 5.64. The summed E-state index contributed by atoms with van der Waals surface area (Å²) in [6, 6.07) is -0.138. The molecule has 0 unspecified atom stereocenters. The van der Waals surface area contributed by atoms with Crippen LogP contribution in [0.4, 0.5) is 0 Å². The summed E-state index contributed by atoms with van der Waals surface area (Å²) >= 11 is 0. The highest BCUT2D eigenvalue weighted by Crippen LogP contribution is 2.45. The van der Waals surface area contributed by atoms with Gasteiger partial charge in [-0.25, -0.2) is 4.79 Å². The van der Waals surface area contributed by atoms with Crippen molar-refractivity contribution >= 4 is 11.9 Å². The molecule has 3 aliphatic rings. The monoisotopic (exact) mass is 310 g/mol. The molecule has 122 valence electrons. The van der Waals surface area contributed by atoms with Gasteiger partial charge >= 0.3 is 5.97 Å². The minimum atomic E-state index is -1.07. The van der Waals surface area contributed by atoms with Crippen LogP contribution in [0.1, 0.15) is 26.2 Å². The number of carbonyl (C=O) groups excluding carboxylic acids is 1. The van der Waals surface area contributed by atoms with Crippen LogP contribution in [0.25, 0.3) is 0 Å². The molecule has 1 amide bonds. The van der Waals surface area contributed by atoms with Crippen molar-refractivity contribution in [3.8, 4) is 0 Å². The van der Waals surface area contributed by atoms with Gasteiger partial charge in [0.25, 0.3) is 0 Å². The fraction of sp³-hybridized carbons (Fsp3) is 0.733. The molecule has 0 aromatic rings. The summed E-state index contributed by atoms with van der Waals surface area (Å²) in [5.41, 5.74) is 0.902. The molecular formula is C15H22N2O5. The van der Waals surface area contributed by atoms with E-state index in [1.807, 2.05) is 0 Å². The summed E-state index contributed by atoms with van der Waals surface area (Å²) in [4.78, 5) is 25.0. The third-order valence-electron chi connectivity index (χ3n) is 5.09. The number of aliphatic carboxylic acids is 1. The van der Waals surface area contributed by atoms with E-state index in [-0.39, 0.29) is 36.2 Å². The average molecular weight is 310 g/mol. The smallest absolute Gasteiger partial charge is 0.352 e. The van der Waals surface area contributed by atoms with Gasteiger partial charge in [0, 0.05) is 6.04 Å².